The van der Waals surface area contributed by atoms with Gasteiger partial charge >= 0.3 is 0 Å². The predicted molar refractivity (Wildman–Crippen MR) is 49.4 cm³/mol. The maximum absolute atomic E-state index is 11.2. The van der Waals surface area contributed by atoms with Crippen molar-refractivity contribution in [2.24, 2.45) is 11.8 Å². The highest BCUT2D eigenvalue weighted by Gasteiger charge is 2.27. The zero-order chi connectivity index (χ0) is 9.35. The van der Waals surface area contributed by atoms with Gasteiger partial charge in [-0.3, -0.25) is 0 Å². The van der Waals surface area contributed by atoms with Gasteiger partial charge in [0, 0.05) is 13.1 Å². The van der Waals surface area contributed by atoms with Gasteiger partial charge in [0.1, 0.15) is 0 Å². The van der Waals surface area contributed by atoms with Gasteiger partial charge < -0.3 is 0 Å². The fraction of sp³-hybridized carbons (Fsp3) is 1.00. The SMILES string of the molecule is CC1CCN(S(C)(=O)=O)CC1C. The molecule has 0 spiro atoms. The van der Waals surface area contributed by atoms with Crippen LogP contribution in [-0.4, -0.2) is 32.1 Å². The maximum atomic E-state index is 11.2. The van der Waals surface area contributed by atoms with Crippen LogP contribution in [0, 0.1) is 11.8 Å². The molecular weight excluding hydrogens is 174 g/mol. The molecule has 0 bridgehead atoms. The third-order valence-corrected chi connectivity index (χ3v) is 4.04. The van der Waals surface area contributed by atoms with Gasteiger partial charge in [-0.25, -0.2) is 12.7 Å². The van der Waals surface area contributed by atoms with Crippen molar-refractivity contribution in [3.8, 4) is 0 Å². The largest absolute Gasteiger partial charge is 0.213 e. The lowest BCUT2D eigenvalue weighted by molar-refractivity contribution is 0.213. The average Bonchev–Trinajstić information content (AvgIpc) is 1.92. The fourth-order valence-corrected chi connectivity index (χ4v) is 2.47. The van der Waals surface area contributed by atoms with E-state index in [1.54, 1.807) is 4.31 Å². The van der Waals surface area contributed by atoms with Crippen molar-refractivity contribution in [3.05, 3.63) is 0 Å². The molecule has 72 valence electrons. The molecule has 1 fully saturated rings. The van der Waals surface area contributed by atoms with E-state index >= 15 is 0 Å². The van der Waals surface area contributed by atoms with Crippen LogP contribution in [0.2, 0.25) is 0 Å². The first-order valence-electron chi connectivity index (χ1n) is 4.36. The van der Waals surface area contributed by atoms with E-state index in [-0.39, 0.29) is 0 Å². The molecule has 12 heavy (non-hydrogen) atoms. The predicted octanol–water partition coefficient (Wildman–Crippen LogP) is 0.924. The van der Waals surface area contributed by atoms with Crippen LogP contribution in [0.1, 0.15) is 20.3 Å². The molecule has 0 N–H and O–H groups in total. The summed E-state index contributed by atoms with van der Waals surface area (Å²) in [6.07, 6.45) is 2.28. The zero-order valence-electron chi connectivity index (χ0n) is 7.95. The number of rotatable bonds is 1. The first-order chi connectivity index (χ1) is 5.41. The Hall–Kier alpha value is -0.0900. The second-order valence-electron chi connectivity index (χ2n) is 3.86. The summed E-state index contributed by atoms with van der Waals surface area (Å²) in [7, 11) is -2.95. The first-order valence-corrected chi connectivity index (χ1v) is 6.21. The lowest BCUT2D eigenvalue weighted by Crippen LogP contribution is -2.41. The minimum absolute atomic E-state index is 0.494. The molecule has 0 aromatic rings. The fourth-order valence-electron chi connectivity index (χ4n) is 1.53. The van der Waals surface area contributed by atoms with Crippen molar-refractivity contribution in [1.29, 1.82) is 0 Å². The van der Waals surface area contributed by atoms with Crippen LogP contribution in [-0.2, 0) is 10.0 Å². The molecule has 1 aliphatic rings. The molecule has 0 saturated carbocycles. The number of piperidine rings is 1. The van der Waals surface area contributed by atoms with Gasteiger partial charge in [-0.1, -0.05) is 13.8 Å². The van der Waals surface area contributed by atoms with Crippen molar-refractivity contribution >= 4 is 10.0 Å². The Morgan fingerprint density at radius 1 is 1.25 bits per heavy atom. The van der Waals surface area contributed by atoms with Crippen LogP contribution in [0.4, 0.5) is 0 Å². The summed E-state index contributed by atoms with van der Waals surface area (Å²) in [5.74, 6) is 1.15. The van der Waals surface area contributed by atoms with Gasteiger partial charge in [-0.15, -0.1) is 0 Å². The summed E-state index contributed by atoms with van der Waals surface area (Å²) in [5.41, 5.74) is 0. The van der Waals surface area contributed by atoms with Crippen LogP contribution >= 0.6 is 0 Å². The van der Waals surface area contributed by atoms with E-state index in [9.17, 15) is 8.42 Å². The third-order valence-electron chi connectivity index (χ3n) is 2.77. The summed E-state index contributed by atoms with van der Waals surface area (Å²) in [6.45, 7) is 5.69. The van der Waals surface area contributed by atoms with Crippen LogP contribution in [0.25, 0.3) is 0 Å². The molecule has 3 nitrogen and oxygen atoms in total. The lowest BCUT2D eigenvalue weighted by atomic mass is 9.90. The van der Waals surface area contributed by atoms with Gasteiger partial charge in [-0.2, -0.15) is 0 Å². The van der Waals surface area contributed by atoms with E-state index in [2.05, 4.69) is 13.8 Å². The van der Waals surface area contributed by atoms with Gasteiger partial charge in [0.05, 0.1) is 6.26 Å². The number of hydrogen-bond acceptors (Lipinski definition) is 2. The Morgan fingerprint density at radius 3 is 2.25 bits per heavy atom. The van der Waals surface area contributed by atoms with Gasteiger partial charge in [0.15, 0.2) is 0 Å². The van der Waals surface area contributed by atoms with Crippen molar-refractivity contribution < 1.29 is 8.42 Å². The Morgan fingerprint density at radius 2 is 1.83 bits per heavy atom. The minimum atomic E-state index is -2.95. The molecule has 1 aliphatic heterocycles. The average molecular weight is 191 g/mol. The number of sulfonamides is 1. The van der Waals surface area contributed by atoms with Crippen LogP contribution in [0.15, 0.2) is 0 Å². The monoisotopic (exact) mass is 191 g/mol. The quantitative estimate of drug-likeness (QED) is 0.618. The molecule has 1 saturated heterocycles. The summed E-state index contributed by atoms with van der Waals surface area (Å²) in [4.78, 5) is 0. The summed E-state index contributed by atoms with van der Waals surface area (Å²) in [5, 5.41) is 0. The van der Waals surface area contributed by atoms with Crippen molar-refractivity contribution in [3.63, 3.8) is 0 Å². The normalized spacial score (nSPS) is 33.6. The van der Waals surface area contributed by atoms with Crippen LogP contribution in [0.3, 0.4) is 0 Å². The van der Waals surface area contributed by atoms with Gasteiger partial charge in [0.25, 0.3) is 0 Å². The molecule has 0 amide bonds. The first kappa shape index (κ1) is 9.99. The molecular formula is C8H17NO2S. The Labute approximate surface area is 74.8 Å². The molecule has 1 rings (SSSR count). The lowest BCUT2D eigenvalue weighted by Gasteiger charge is -2.33. The Balaban J connectivity index is 2.64. The third kappa shape index (κ3) is 2.20. The zero-order valence-corrected chi connectivity index (χ0v) is 8.76. The van der Waals surface area contributed by atoms with E-state index in [4.69, 9.17) is 0 Å². The highest BCUT2D eigenvalue weighted by atomic mass is 32.2. The molecule has 0 aromatic heterocycles. The van der Waals surface area contributed by atoms with Gasteiger partial charge in [-0.05, 0) is 18.3 Å². The van der Waals surface area contributed by atoms with Gasteiger partial charge in [0.2, 0.25) is 10.0 Å². The highest BCUT2D eigenvalue weighted by molar-refractivity contribution is 7.88. The van der Waals surface area contributed by atoms with E-state index in [1.807, 2.05) is 0 Å². The summed E-state index contributed by atoms with van der Waals surface area (Å²) in [6, 6.07) is 0. The minimum Gasteiger partial charge on any atom is -0.213 e. The molecule has 1 heterocycles. The highest BCUT2D eigenvalue weighted by Crippen LogP contribution is 2.23. The van der Waals surface area contributed by atoms with E-state index < -0.39 is 10.0 Å². The topological polar surface area (TPSA) is 37.4 Å². The number of nitrogens with zero attached hydrogens (tertiary/aromatic N) is 1. The van der Waals surface area contributed by atoms with Crippen LogP contribution in [0.5, 0.6) is 0 Å². The molecule has 2 atom stereocenters. The van der Waals surface area contributed by atoms with Crippen molar-refractivity contribution in [2.75, 3.05) is 19.3 Å². The molecule has 0 radical (unpaired) electrons. The Bertz CT molecular complexity index is 248. The maximum Gasteiger partial charge on any atom is 0.211 e. The van der Waals surface area contributed by atoms with Crippen LogP contribution < -0.4 is 0 Å². The molecule has 2 unspecified atom stereocenters. The standard InChI is InChI=1S/C8H17NO2S/c1-7-4-5-9(6-8(7)2)12(3,10)11/h7-8H,4-6H2,1-3H3. The van der Waals surface area contributed by atoms with E-state index in [0.717, 1.165) is 6.42 Å². The smallest absolute Gasteiger partial charge is 0.211 e. The molecule has 4 heteroatoms. The van der Waals surface area contributed by atoms with E-state index in [0.29, 0.717) is 24.9 Å². The number of hydrogen-bond donors (Lipinski definition) is 0. The van der Waals surface area contributed by atoms with Crippen molar-refractivity contribution in [1.82, 2.24) is 4.31 Å². The second-order valence-corrected chi connectivity index (χ2v) is 5.85. The summed E-state index contributed by atoms with van der Waals surface area (Å²) >= 11 is 0. The Kier molecular flexibility index (Phi) is 2.78. The molecule has 0 aromatic carbocycles. The van der Waals surface area contributed by atoms with E-state index in [1.165, 1.54) is 6.26 Å². The molecule has 0 aliphatic carbocycles. The van der Waals surface area contributed by atoms with Crippen molar-refractivity contribution in [2.45, 2.75) is 20.3 Å². The summed E-state index contributed by atoms with van der Waals surface area (Å²) < 4.78 is 23.9. The second kappa shape index (κ2) is 3.34.